The second-order valence-corrected chi connectivity index (χ2v) is 5.05. The van der Waals surface area contributed by atoms with Crippen molar-refractivity contribution in [2.45, 2.75) is 32.4 Å². The summed E-state index contributed by atoms with van der Waals surface area (Å²) >= 11 is 3.14. The minimum atomic E-state index is -0.718. The maximum atomic E-state index is 11.3. The van der Waals surface area contributed by atoms with Crippen molar-refractivity contribution in [2.75, 3.05) is 5.73 Å². The molecule has 4 nitrogen and oxygen atoms in total. The first kappa shape index (κ1) is 12.3. The molecule has 0 atom stereocenters. The first-order chi connectivity index (χ1) is 6.79. The summed E-state index contributed by atoms with van der Waals surface area (Å²) in [6.45, 7) is 4.11. The third-order valence-corrected chi connectivity index (χ3v) is 2.61. The number of rotatable bonds is 3. The Balaban J connectivity index is 2.84. The lowest BCUT2D eigenvalue weighted by Gasteiger charge is -2.18. The average Bonchev–Trinajstić information content (AvgIpc) is 2.09. The Labute approximate surface area is 96.8 Å². The molecule has 0 bridgehead atoms. The fourth-order valence-electron chi connectivity index (χ4n) is 1.15. The zero-order valence-electron chi connectivity index (χ0n) is 8.83. The van der Waals surface area contributed by atoms with Crippen LogP contribution in [0.2, 0.25) is 0 Å². The third kappa shape index (κ3) is 3.68. The number of halogens is 1. The van der Waals surface area contributed by atoms with Gasteiger partial charge in [0.2, 0.25) is 5.43 Å². The Bertz CT molecular complexity index is 381. The van der Waals surface area contributed by atoms with Gasteiger partial charge >= 0.3 is 0 Å². The van der Waals surface area contributed by atoms with Crippen molar-refractivity contribution < 1.29 is 5.11 Å². The van der Waals surface area contributed by atoms with Gasteiger partial charge in [0.1, 0.15) is 0 Å². The molecule has 1 aromatic heterocycles. The van der Waals surface area contributed by atoms with E-state index in [0.29, 0.717) is 17.4 Å². The second kappa shape index (κ2) is 4.37. The van der Waals surface area contributed by atoms with E-state index in [0.717, 1.165) is 0 Å². The summed E-state index contributed by atoms with van der Waals surface area (Å²) in [5, 5.41) is 9.55. The Hall–Kier alpha value is -0.810. The number of nitrogens with zero attached hydrogens (tertiary/aromatic N) is 1. The van der Waals surface area contributed by atoms with E-state index in [1.807, 2.05) is 0 Å². The fourth-order valence-corrected chi connectivity index (χ4v) is 1.64. The number of nitrogen functional groups attached to an aromatic ring is 1. The first-order valence-electron chi connectivity index (χ1n) is 4.67. The molecule has 0 aliphatic rings. The van der Waals surface area contributed by atoms with E-state index in [4.69, 9.17) is 5.73 Å². The molecule has 0 spiro atoms. The Morgan fingerprint density at radius 1 is 1.53 bits per heavy atom. The largest absolute Gasteiger partial charge is 0.394 e. The molecule has 84 valence electrons. The van der Waals surface area contributed by atoms with Crippen molar-refractivity contribution >= 4 is 21.6 Å². The van der Waals surface area contributed by atoms with Crippen LogP contribution < -0.4 is 11.2 Å². The molecule has 0 fully saturated rings. The normalized spacial score (nSPS) is 11.7. The summed E-state index contributed by atoms with van der Waals surface area (Å²) in [5.41, 5.74) is 4.83. The van der Waals surface area contributed by atoms with Gasteiger partial charge < -0.3 is 15.4 Å². The van der Waals surface area contributed by atoms with Gasteiger partial charge in [-0.1, -0.05) is 0 Å². The molecule has 3 N–H and O–H groups in total. The Kier molecular flexibility index (Phi) is 3.57. The van der Waals surface area contributed by atoms with Crippen LogP contribution in [-0.4, -0.2) is 15.3 Å². The van der Waals surface area contributed by atoms with E-state index in [2.05, 4.69) is 15.9 Å². The van der Waals surface area contributed by atoms with Gasteiger partial charge in [0, 0.05) is 18.9 Å². The number of aliphatic hydroxyl groups is 1. The first-order valence-corrected chi connectivity index (χ1v) is 5.46. The van der Waals surface area contributed by atoms with Crippen molar-refractivity contribution in [3.05, 3.63) is 27.1 Å². The molecule has 0 aliphatic heterocycles. The zero-order chi connectivity index (χ0) is 11.6. The highest BCUT2D eigenvalue weighted by Gasteiger charge is 2.12. The van der Waals surface area contributed by atoms with Gasteiger partial charge in [-0.15, -0.1) is 0 Å². The summed E-state index contributed by atoms with van der Waals surface area (Å²) in [7, 11) is 0. The van der Waals surface area contributed by atoms with Gasteiger partial charge in [-0.25, -0.2) is 0 Å². The summed E-state index contributed by atoms with van der Waals surface area (Å²) in [6.07, 6.45) is 3.85. The lowest BCUT2D eigenvalue weighted by Crippen LogP contribution is -2.22. The molecular formula is C10H15BrN2O2. The van der Waals surface area contributed by atoms with Gasteiger partial charge in [-0.05, 0) is 36.2 Å². The van der Waals surface area contributed by atoms with Crippen LogP contribution in [0.5, 0.6) is 0 Å². The van der Waals surface area contributed by atoms with Crippen LogP contribution in [0, 0.1) is 0 Å². The van der Waals surface area contributed by atoms with Crippen LogP contribution >= 0.6 is 15.9 Å². The molecule has 0 aromatic carbocycles. The Morgan fingerprint density at radius 3 is 2.60 bits per heavy atom. The molecule has 0 saturated heterocycles. The molecule has 0 unspecified atom stereocenters. The van der Waals surface area contributed by atoms with Crippen LogP contribution in [-0.2, 0) is 6.54 Å². The van der Waals surface area contributed by atoms with Crippen LogP contribution in [0.4, 0.5) is 5.69 Å². The molecule has 1 heterocycles. The van der Waals surface area contributed by atoms with Crippen molar-refractivity contribution in [1.82, 2.24) is 4.57 Å². The second-order valence-electron chi connectivity index (χ2n) is 4.19. The molecule has 1 rings (SSSR count). The van der Waals surface area contributed by atoms with Gasteiger partial charge in [0.05, 0.1) is 15.8 Å². The van der Waals surface area contributed by atoms with Crippen molar-refractivity contribution in [3.63, 3.8) is 0 Å². The Morgan fingerprint density at radius 2 is 2.13 bits per heavy atom. The van der Waals surface area contributed by atoms with Crippen molar-refractivity contribution in [1.29, 1.82) is 0 Å². The maximum Gasteiger partial charge on any atom is 0.218 e. The quantitative estimate of drug-likeness (QED) is 0.875. The molecular weight excluding hydrogens is 260 g/mol. The van der Waals surface area contributed by atoms with E-state index >= 15 is 0 Å². The number of hydrogen-bond acceptors (Lipinski definition) is 3. The predicted octanol–water partition coefficient (Wildman–Crippen LogP) is 1.35. The van der Waals surface area contributed by atoms with Crippen LogP contribution in [0.15, 0.2) is 21.7 Å². The molecule has 0 amide bonds. The van der Waals surface area contributed by atoms with Gasteiger partial charge in [0.25, 0.3) is 0 Å². The number of aromatic nitrogens is 1. The van der Waals surface area contributed by atoms with Crippen molar-refractivity contribution in [3.8, 4) is 0 Å². The van der Waals surface area contributed by atoms with E-state index in [9.17, 15) is 9.90 Å². The summed E-state index contributed by atoms with van der Waals surface area (Å²) in [6, 6.07) is 0. The highest BCUT2D eigenvalue weighted by Crippen LogP contribution is 2.11. The number of aryl methyl sites for hydroxylation is 1. The van der Waals surface area contributed by atoms with E-state index in [1.54, 1.807) is 30.8 Å². The molecule has 0 saturated carbocycles. The summed E-state index contributed by atoms with van der Waals surface area (Å²) < 4.78 is 2.23. The lowest BCUT2D eigenvalue weighted by molar-refractivity contribution is 0.0661. The summed E-state index contributed by atoms with van der Waals surface area (Å²) in [4.78, 5) is 11.3. The highest BCUT2D eigenvalue weighted by molar-refractivity contribution is 9.10. The standard InChI is InChI=1S/C10H15BrN2O2/c1-10(2,15)3-4-13-5-7(11)9(14)8(12)6-13/h5-6,15H,3-4,12H2,1-2H3. The van der Waals surface area contributed by atoms with Gasteiger partial charge in [-0.3, -0.25) is 4.79 Å². The van der Waals surface area contributed by atoms with E-state index in [1.165, 1.54) is 0 Å². The molecule has 15 heavy (non-hydrogen) atoms. The zero-order valence-corrected chi connectivity index (χ0v) is 10.4. The SMILES string of the molecule is CC(C)(O)CCn1cc(N)c(=O)c(Br)c1. The number of pyridine rings is 1. The smallest absolute Gasteiger partial charge is 0.218 e. The van der Waals surface area contributed by atoms with E-state index < -0.39 is 5.60 Å². The number of anilines is 1. The monoisotopic (exact) mass is 274 g/mol. The highest BCUT2D eigenvalue weighted by atomic mass is 79.9. The van der Waals surface area contributed by atoms with Crippen LogP contribution in [0.25, 0.3) is 0 Å². The fraction of sp³-hybridized carbons (Fsp3) is 0.500. The maximum absolute atomic E-state index is 11.3. The number of nitrogens with two attached hydrogens (primary N) is 1. The molecule has 5 heteroatoms. The number of hydrogen-bond donors (Lipinski definition) is 2. The third-order valence-electron chi connectivity index (χ3n) is 2.04. The molecule has 1 aromatic rings. The van der Waals surface area contributed by atoms with Gasteiger partial charge in [0.15, 0.2) is 0 Å². The predicted molar refractivity (Wildman–Crippen MR) is 63.7 cm³/mol. The summed E-state index contributed by atoms with van der Waals surface area (Å²) in [5.74, 6) is 0. The van der Waals surface area contributed by atoms with Crippen LogP contribution in [0.1, 0.15) is 20.3 Å². The van der Waals surface area contributed by atoms with Gasteiger partial charge in [-0.2, -0.15) is 0 Å². The minimum Gasteiger partial charge on any atom is -0.394 e. The lowest BCUT2D eigenvalue weighted by atomic mass is 10.1. The average molecular weight is 275 g/mol. The molecule has 0 aliphatic carbocycles. The van der Waals surface area contributed by atoms with Crippen LogP contribution in [0.3, 0.4) is 0 Å². The van der Waals surface area contributed by atoms with Crippen molar-refractivity contribution in [2.24, 2.45) is 0 Å². The minimum absolute atomic E-state index is 0.200. The molecule has 0 radical (unpaired) electrons. The topological polar surface area (TPSA) is 68.2 Å². The van der Waals surface area contributed by atoms with E-state index in [-0.39, 0.29) is 11.1 Å².